The smallest absolute Gasteiger partial charge is 0.254 e. The zero-order chi connectivity index (χ0) is 11.0. The molecule has 1 amide bonds. The van der Waals surface area contributed by atoms with E-state index < -0.39 is 17.5 Å². The molecular weight excluding hydrogens is 200 g/mol. The number of carbonyl (C=O) groups excluding carboxylic acids is 1. The third-order valence-corrected chi connectivity index (χ3v) is 2.41. The van der Waals surface area contributed by atoms with Gasteiger partial charge in [-0.25, -0.2) is 8.78 Å². The first-order valence-corrected chi connectivity index (χ1v) is 4.84. The van der Waals surface area contributed by atoms with Crippen LogP contribution in [0.4, 0.5) is 8.78 Å². The van der Waals surface area contributed by atoms with E-state index in [0.29, 0.717) is 0 Å². The van der Waals surface area contributed by atoms with E-state index in [0.717, 1.165) is 18.9 Å². The van der Waals surface area contributed by atoms with Crippen molar-refractivity contribution in [2.24, 2.45) is 0 Å². The Morgan fingerprint density at radius 3 is 2.60 bits per heavy atom. The van der Waals surface area contributed by atoms with Crippen LogP contribution in [0, 0.1) is 18.6 Å². The van der Waals surface area contributed by atoms with Crippen molar-refractivity contribution in [2.45, 2.75) is 25.8 Å². The van der Waals surface area contributed by atoms with Crippen LogP contribution < -0.4 is 5.32 Å². The van der Waals surface area contributed by atoms with Crippen LogP contribution >= 0.6 is 0 Å². The van der Waals surface area contributed by atoms with Gasteiger partial charge in [0.15, 0.2) is 0 Å². The van der Waals surface area contributed by atoms with Gasteiger partial charge in [-0.1, -0.05) is 0 Å². The molecule has 1 aliphatic rings. The number of nitrogens with one attached hydrogen (secondary N) is 1. The summed E-state index contributed by atoms with van der Waals surface area (Å²) in [5, 5.41) is 2.66. The monoisotopic (exact) mass is 211 g/mol. The lowest BCUT2D eigenvalue weighted by atomic mass is 10.1. The first-order chi connectivity index (χ1) is 7.08. The largest absolute Gasteiger partial charge is 0.349 e. The Kier molecular flexibility index (Phi) is 2.42. The third-order valence-electron chi connectivity index (χ3n) is 2.41. The Bertz CT molecular complexity index is 413. The van der Waals surface area contributed by atoms with Crippen molar-refractivity contribution in [3.63, 3.8) is 0 Å². The van der Waals surface area contributed by atoms with E-state index in [9.17, 15) is 13.6 Å². The molecule has 1 aromatic rings. The maximum atomic E-state index is 13.3. The minimum Gasteiger partial charge on any atom is -0.349 e. The number of aryl methyl sites for hydroxylation is 1. The average molecular weight is 211 g/mol. The molecule has 0 heterocycles. The maximum Gasteiger partial charge on any atom is 0.254 e. The Balaban J connectivity index is 2.25. The molecule has 0 radical (unpaired) electrons. The fourth-order valence-corrected chi connectivity index (χ4v) is 1.32. The van der Waals surface area contributed by atoms with Crippen LogP contribution in [0.25, 0.3) is 0 Å². The zero-order valence-corrected chi connectivity index (χ0v) is 8.31. The van der Waals surface area contributed by atoms with Crippen molar-refractivity contribution in [1.29, 1.82) is 0 Å². The van der Waals surface area contributed by atoms with Gasteiger partial charge in [0.1, 0.15) is 11.6 Å². The van der Waals surface area contributed by atoms with Gasteiger partial charge in [-0.3, -0.25) is 4.79 Å². The van der Waals surface area contributed by atoms with Crippen molar-refractivity contribution in [3.8, 4) is 0 Å². The number of benzene rings is 1. The van der Waals surface area contributed by atoms with Crippen molar-refractivity contribution in [3.05, 3.63) is 34.9 Å². The highest BCUT2D eigenvalue weighted by atomic mass is 19.1. The van der Waals surface area contributed by atoms with E-state index >= 15 is 0 Å². The van der Waals surface area contributed by atoms with Gasteiger partial charge in [-0.15, -0.1) is 0 Å². The molecule has 1 N–H and O–H groups in total. The normalized spacial score (nSPS) is 15.1. The molecule has 0 aromatic heterocycles. The van der Waals surface area contributed by atoms with Crippen LogP contribution in [0.15, 0.2) is 12.1 Å². The van der Waals surface area contributed by atoms with Crippen LogP contribution in [0.5, 0.6) is 0 Å². The summed E-state index contributed by atoms with van der Waals surface area (Å²) in [6, 6.07) is 2.15. The first kappa shape index (κ1) is 10.1. The minimum atomic E-state index is -0.809. The zero-order valence-electron chi connectivity index (χ0n) is 8.31. The van der Waals surface area contributed by atoms with E-state index in [2.05, 4.69) is 5.32 Å². The molecule has 2 rings (SSSR count). The SMILES string of the molecule is Cc1cc(C(=O)NC2CC2)c(F)cc1F. The van der Waals surface area contributed by atoms with Gasteiger partial charge in [0.2, 0.25) is 0 Å². The van der Waals surface area contributed by atoms with Gasteiger partial charge < -0.3 is 5.32 Å². The molecule has 0 bridgehead atoms. The average Bonchev–Trinajstić information content (AvgIpc) is 2.95. The summed E-state index contributed by atoms with van der Waals surface area (Å²) in [7, 11) is 0. The molecule has 1 aromatic carbocycles. The second kappa shape index (κ2) is 3.61. The fourth-order valence-electron chi connectivity index (χ4n) is 1.32. The fraction of sp³-hybridized carbons (Fsp3) is 0.364. The number of hydrogen-bond donors (Lipinski definition) is 1. The van der Waals surface area contributed by atoms with Crippen LogP contribution in [-0.4, -0.2) is 11.9 Å². The Morgan fingerprint density at radius 2 is 2.00 bits per heavy atom. The summed E-state index contributed by atoms with van der Waals surface area (Å²) >= 11 is 0. The van der Waals surface area contributed by atoms with E-state index in [1.54, 1.807) is 0 Å². The predicted octanol–water partition coefficient (Wildman–Crippen LogP) is 2.17. The number of hydrogen-bond acceptors (Lipinski definition) is 1. The molecule has 4 heteroatoms. The lowest BCUT2D eigenvalue weighted by Crippen LogP contribution is -2.26. The molecule has 80 valence electrons. The van der Waals surface area contributed by atoms with Crippen LogP contribution in [-0.2, 0) is 0 Å². The molecular formula is C11H11F2NO. The first-order valence-electron chi connectivity index (χ1n) is 4.84. The van der Waals surface area contributed by atoms with Crippen molar-refractivity contribution >= 4 is 5.91 Å². The van der Waals surface area contributed by atoms with Crippen LogP contribution in [0.1, 0.15) is 28.8 Å². The highest BCUT2D eigenvalue weighted by molar-refractivity contribution is 5.95. The topological polar surface area (TPSA) is 29.1 Å². The molecule has 0 unspecified atom stereocenters. The van der Waals surface area contributed by atoms with Crippen molar-refractivity contribution in [1.82, 2.24) is 5.32 Å². The van der Waals surface area contributed by atoms with Crippen molar-refractivity contribution in [2.75, 3.05) is 0 Å². The molecule has 2 nitrogen and oxygen atoms in total. The van der Waals surface area contributed by atoms with Crippen molar-refractivity contribution < 1.29 is 13.6 Å². The Labute approximate surface area is 86.3 Å². The second-order valence-corrected chi connectivity index (χ2v) is 3.83. The molecule has 1 aliphatic carbocycles. The highest BCUT2D eigenvalue weighted by Crippen LogP contribution is 2.20. The number of rotatable bonds is 2. The summed E-state index contributed by atoms with van der Waals surface area (Å²) in [5.74, 6) is -1.90. The number of halogens is 2. The molecule has 1 fully saturated rings. The lowest BCUT2D eigenvalue weighted by molar-refractivity contribution is 0.0947. The van der Waals surface area contributed by atoms with Crippen LogP contribution in [0.2, 0.25) is 0 Å². The quantitative estimate of drug-likeness (QED) is 0.798. The number of amides is 1. The van der Waals surface area contributed by atoms with Gasteiger partial charge in [0, 0.05) is 12.1 Å². The van der Waals surface area contributed by atoms with Gasteiger partial charge in [0.05, 0.1) is 5.56 Å². The summed E-state index contributed by atoms with van der Waals surface area (Å²) in [6.07, 6.45) is 1.88. The van der Waals surface area contributed by atoms with Gasteiger partial charge in [-0.05, 0) is 31.4 Å². The standard InChI is InChI=1S/C11H11F2NO/c1-6-4-8(10(13)5-9(6)12)11(15)14-7-2-3-7/h4-5,7H,2-3H2,1H3,(H,14,15). The van der Waals surface area contributed by atoms with Gasteiger partial charge in [-0.2, -0.15) is 0 Å². The Morgan fingerprint density at radius 1 is 1.33 bits per heavy atom. The number of carbonyl (C=O) groups is 1. The van der Waals surface area contributed by atoms with Crippen LogP contribution in [0.3, 0.4) is 0 Å². The summed E-state index contributed by atoms with van der Waals surface area (Å²) < 4.78 is 26.2. The third kappa shape index (κ3) is 2.14. The predicted molar refractivity (Wildman–Crippen MR) is 51.6 cm³/mol. The van der Waals surface area contributed by atoms with Gasteiger partial charge >= 0.3 is 0 Å². The minimum absolute atomic E-state index is 0.0826. The molecule has 0 aliphatic heterocycles. The lowest BCUT2D eigenvalue weighted by Gasteiger charge is -2.06. The van der Waals surface area contributed by atoms with E-state index in [-0.39, 0.29) is 17.2 Å². The molecule has 0 spiro atoms. The summed E-state index contributed by atoms with van der Waals surface area (Å²) in [5.41, 5.74) is 0.193. The van der Waals surface area contributed by atoms with Gasteiger partial charge in [0.25, 0.3) is 5.91 Å². The van der Waals surface area contributed by atoms with E-state index in [1.807, 2.05) is 0 Å². The molecule has 1 saturated carbocycles. The molecule has 0 saturated heterocycles. The second-order valence-electron chi connectivity index (χ2n) is 3.83. The Hall–Kier alpha value is -1.45. The van der Waals surface area contributed by atoms with E-state index in [1.165, 1.54) is 13.0 Å². The maximum absolute atomic E-state index is 13.3. The summed E-state index contributed by atoms with van der Waals surface area (Å²) in [6.45, 7) is 1.50. The highest BCUT2D eigenvalue weighted by Gasteiger charge is 2.25. The summed E-state index contributed by atoms with van der Waals surface area (Å²) in [4.78, 5) is 11.5. The van der Waals surface area contributed by atoms with E-state index in [4.69, 9.17) is 0 Å². The molecule has 15 heavy (non-hydrogen) atoms. The molecule has 0 atom stereocenters.